The fourth-order valence-corrected chi connectivity index (χ4v) is 1.61. The maximum atomic E-state index is 12.1. The van der Waals surface area contributed by atoms with E-state index in [9.17, 15) is 4.79 Å². The van der Waals surface area contributed by atoms with Gasteiger partial charge in [0.2, 0.25) is 0 Å². The lowest BCUT2D eigenvalue weighted by Gasteiger charge is -2.17. The van der Waals surface area contributed by atoms with Crippen molar-refractivity contribution in [3.8, 4) is 0 Å². The first-order chi connectivity index (χ1) is 8.18. The Labute approximate surface area is 101 Å². The fraction of sp³-hybridized carbons (Fsp3) is 0.143. The fourth-order valence-electron chi connectivity index (χ4n) is 1.61. The van der Waals surface area contributed by atoms with Crippen LogP contribution in [0.1, 0.15) is 16.1 Å². The van der Waals surface area contributed by atoms with Crippen molar-refractivity contribution in [2.24, 2.45) is 0 Å². The van der Waals surface area contributed by atoms with Crippen LogP contribution in [0.15, 0.2) is 48.7 Å². The van der Waals surface area contributed by atoms with Crippen LogP contribution < -0.4 is 4.90 Å². The average molecular weight is 226 g/mol. The number of hydrogen-bond acceptors (Lipinski definition) is 2. The van der Waals surface area contributed by atoms with Gasteiger partial charge in [-0.15, -0.1) is 0 Å². The number of carbonyl (C=O) groups is 1. The molecule has 0 saturated heterocycles. The van der Waals surface area contributed by atoms with Gasteiger partial charge in [0, 0.05) is 18.9 Å². The number of nitrogens with zero attached hydrogens (tertiary/aromatic N) is 2. The van der Waals surface area contributed by atoms with Crippen LogP contribution in [0, 0.1) is 6.92 Å². The van der Waals surface area contributed by atoms with E-state index < -0.39 is 0 Å². The molecule has 0 radical (unpaired) electrons. The minimum absolute atomic E-state index is 0.101. The van der Waals surface area contributed by atoms with E-state index in [-0.39, 0.29) is 5.91 Å². The van der Waals surface area contributed by atoms with Gasteiger partial charge in [0.25, 0.3) is 5.91 Å². The first-order valence-electron chi connectivity index (χ1n) is 5.44. The van der Waals surface area contributed by atoms with Gasteiger partial charge < -0.3 is 4.90 Å². The zero-order valence-corrected chi connectivity index (χ0v) is 9.92. The summed E-state index contributed by atoms with van der Waals surface area (Å²) in [5.74, 6) is -0.101. The van der Waals surface area contributed by atoms with Gasteiger partial charge in [0.15, 0.2) is 0 Å². The van der Waals surface area contributed by atoms with E-state index in [2.05, 4.69) is 4.98 Å². The summed E-state index contributed by atoms with van der Waals surface area (Å²) < 4.78 is 0. The van der Waals surface area contributed by atoms with Crippen molar-refractivity contribution in [3.63, 3.8) is 0 Å². The summed E-state index contributed by atoms with van der Waals surface area (Å²) in [5, 5.41) is 0. The van der Waals surface area contributed by atoms with Crippen LogP contribution >= 0.6 is 0 Å². The molecule has 1 aromatic carbocycles. The van der Waals surface area contributed by atoms with Gasteiger partial charge in [-0.1, -0.05) is 18.2 Å². The largest absolute Gasteiger partial charge is 0.310 e. The lowest BCUT2D eigenvalue weighted by molar-refractivity contribution is 0.0988. The SMILES string of the molecule is Cc1cccc(N(C)C(=O)c2ccccn2)c1. The molecule has 0 aliphatic carbocycles. The van der Waals surface area contributed by atoms with Crippen molar-refractivity contribution < 1.29 is 4.79 Å². The first-order valence-corrected chi connectivity index (χ1v) is 5.44. The predicted molar refractivity (Wildman–Crippen MR) is 68.1 cm³/mol. The molecule has 0 unspecified atom stereocenters. The number of hydrogen-bond donors (Lipinski definition) is 0. The van der Waals surface area contributed by atoms with Crippen LogP contribution in [0.25, 0.3) is 0 Å². The Morgan fingerprint density at radius 1 is 1.18 bits per heavy atom. The van der Waals surface area contributed by atoms with E-state index >= 15 is 0 Å². The van der Waals surface area contributed by atoms with E-state index in [0.29, 0.717) is 5.69 Å². The van der Waals surface area contributed by atoms with Crippen molar-refractivity contribution >= 4 is 11.6 Å². The number of aromatic nitrogens is 1. The van der Waals surface area contributed by atoms with Gasteiger partial charge in [-0.25, -0.2) is 0 Å². The van der Waals surface area contributed by atoms with E-state index in [1.165, 1.54) is 0 Å². The minimum Gasteiger partial charge on any atom is -0.310 e. The van der Waals surface area contributed by atoms with Gasteiger partial charge in [-0.2, -0.15) is 0 Å². The quantitative estimate of drug-likeness (QED) is 0.788. The molecule has 86 valence electrons. The molecule has 1 heterocycles. The summed E-state index contributed by atoms with van der Waals surface area (Å²) >= 11 is 0. The molecule has 3 nitrogen and oxygen atoms in total. The number of benzene rings is 1. The van der Waals surface area contributed by atoms with Gasteiger partial charge in [-0.3, -0.25) is 9.78 Å². The minimum atomic E-state index is -0.101. The van der Waals surface area contributed by atoms with Crippen molar-refractivity contribution in [2.45, 2.75) is 6.92 Å². The van der Waals surface area contributed by atoms with Gasteiger partial charge >= 0.3 is 0 Å². The van der Waals surface area contributed by atoms with Crippen LogP contribution in [0.2, 0.25) is 0 Å². The van der Waals surface area contributed by atoms with Crippen LogP contribution in [0.3, 0.4) is 0 Å². The van der Waals surface area contributed by atoms with E-state index in [0.717, 1.165) is 11.3 Å². The highest BCUT2D eigenvalue weighted by atomic mass is 16.2. The maximum Gasteiger partial charge on any atom is 0.276 e. The average Bonchev–Trinajstić information content (AvgIpc) is 2.38. The molecule has 0 fully saturated rings. The Hall–Kier alpha value is -2.16. The van der Waals surface area contributed by atoms with Crippen molar-refractivity contribution in [1.29, 1.82) is 0 Å². The van der Waals surface area contributed by atoms with Gasteiger partial charge in [0.1, 0.15) is 5.69 Å². The topological polar surface area (TPSA) is 33.2 Å². The summed E-state index contributed by atoms with van der Waals surface area (Å²) in [5.41, 5.74) is 2.46. The number of rotatable bonds is 2. The molecule has 0 aliphatic rings. The molecular weight excluding hydrogens is 212 g/mol. The summed E-state index contributed by atoms with van der Waals surface area (Å²) in [6.45, 7) is 2.00. The molecule has 17 heavy (non-hydrogen) atoms. The summed E-state index contributed by atoms with van der Waals surface area (Å²) in [6, 6.07) is 13.1. The van der Waals surface area contributed by atoms with Crippen LogP contribution in [-0.2, 0) is 0 Å². The lowest BCUT2D eigenvalue weighted by atomic mass is 10.2. The normalized spacial score (nSPS) is 10.0. The zero-order chi connectivity index (χ0) is 12.3. The maximum absolute atomic E-state index is 12.1. The molecule has 0 bridgehead atoms. The smallest absolute Gasteiger partial charge is 0.276 e. The highest BCUT2D eigenvalue weighted by molar-refractivity contribution is 6.04. The standard InChI is InChI=1S/C14H14N2O/c1-11-6-5-7-12(10-11)16(2)14(17)13-8-3-4-9-15-13/h3-10H,1-2H3. The number of aryl methyl sites for hydroxylation is 1. The third-order valence-electron chi connectivity index (χ3n) is 2.58. The Kier molecular flexibility index (Phi) is 3.19. The molecule has 2 rings (SSSR count). The summed E-state index contributed by atoms with van der Waals surface area (Å²) in [6.07, 6.45) is 1.62. The van der Waals surface area contributed by atoms with Crippen LogP contribution in [0.5, 0.6) is 0 Å². The number of anilines is 1. The Morgan fingerprint density at radius 3 is 2.65 bits per heavy atom. The van der Waals surface area contributed by atoms with Crippen molar-refractivity contribution in [2.75, 3.05) is 11.9 Å². The Morgan fingerprint density at radius 2 is 2.00 bits per heavy atom. The van der Waals surface area contributed by atoms with Crippen LogP contribution in [0.4, 0.5) is 5.69 Å². The lowest BCUT2D eigenvalue weighted by Crippen LogP contribution is -2.26. The molecule has 0 atom stereocenters. The van der Waals surface area contributed by atoms with Gasteiger partial charge in [0.05, 0.1) is 0 Å². The van der Waals surface area contributed by atoms with Crippen LogP contribution in [-0.4, -0.2) is 17.9 Å². The monoisotopic (exact) mass is 226 g/mol. The number of amides is 1. The van der Waals surface area contributed by atoms with Crippen molar-refractivity contribution in [1.82, 2.24) is 4.98 Å². The molecule has 0 N–H and O–H groups in total. The first kappa shape index (κ1) is 11.3. The Balaban J connectivity index is 2.27. The predicted octanol–water partition coefficient (Wildman–Crippen LogP) is 2.67. The van der Waals surface area contributed by atoms with Gasteiger partial charge in [-0.05, 0) is 36.8 Å². The second kappa shape index (κ2) is 4.78. The number of carbonyl (C=O) groups excluding carboxylic acids is 1. The Bertz CT molecular complexity index is 523. The number of pyridine rings is 1. The van der Waals surface area contributed by atoms with E-state index in [1.54, 1.807) is 30.3 Å². The molecule has 0 aliphatic heterocycles. The molecule has 0 spiro atoms. The van der Waals surface area contributed by atoms with E-state index in [1.807, 2.05) is 37.3 Å². The third kappa shape index (κ3) is 2.50. The second-order valence-electron chi connectivity index (χ2n) is 3.92. The third-order valence-corrected chi connectivity index (χ3v) is 2.58. The highest BCUT2D eigenvalue weighted by Crippen LogP contribution is 2.16. The highest BCUT2D eigenvalue weighted by Gasteiger charge is 2.13. The molecule has 2 aromatic rings. The summed E-state index contributed by atoms with van der Waals surface area (Å²) in [7, 11) is 1.76. The summed E-state index contributed by atoms with van der Waals surface area (Å²) in [4.78, 5) is 17.8. The molecule has 1 aromatic heterocycles. The zero-order valence-electron chi connectivity index (χ0n) is 9.92. The van der Waals surface area contributed by atoms with E-state index in [4.69, 9.17) is 0 Å². The molecule has 3 heteroatoms. The molecular formula is C14H14N2O. The molecule has 0 saturated carbocycles. The van der Waals surface area contributed by atoms with Crippen molar-refractivity contribution in [3.05, 3.63) is 59.9 Å². The second-order valence-corrected chi connectivity index (χ2v) is 3.92. The molecule has 1 amide bonds.